The number of carbonyl (C=O) groups excluding carboxylic acids is 2. The highest BCUT2D eigenvalue weighted by Gasteiger charge is 2.16. The molecule has 0 spiro atoms. The molecule has 0 radical (unpaired) electrons. The van der Waals surface area contributed by atoms with Gasteiger partial charge in [0.2, 0.25) is 12.3 Å². The summed E-state index contributed by atoms with van der Waals surface area (Å²) < 4.78 is 7.02. The van der Waals surface area contributed by atoms with Crippen LogP contribution in [-0.4, -0.2) is 53.1 Å². The molecule has 1 aliphatic rings. The van der Waals surface area contributed by atoms with Crippen molar-refractivity contribution in [1.29, 1.82) is 0 Å². The van der Waals surface area contributed by atoms with Crippen molar-refractivity contribution in [3.05, 3.63) is 64.2 Å². The van der Waals surface area contributed by atoms with E-state index in [-0.39, 0.29) is 23.9 Å². The molecule has 0 aliphatic carbocycles. The fraction of sp³-hybridized carbons (Fsp3) is 0.385. The lowest BCUT2D eigenvalue weighted by Gasteiger charge is -2.26. The second-order valence-electron chi connectivity index (χ2n) is 8.85. The van der Waals surface area contributed by atoms with Gasteiger partial charge in [0.05, 0.1) is 24.1 Å². The van der Waals surface area contributed by atoms with Crippen LogP contribution in [0.4, 0.5) is 11.4 Å². The van der Waals surface area contributed by atoms with Crippen molar-refractivity contribution in [2.24, 2.45) is 0 Å². The summed E-state index contributed by atoms with van der Waals surface area (Å²) in [5.41, 5.74) is 3.45. The summed E-state index contributed by atoms with van der Waals surface area (Å²) >= 11 is 0. The normalized spacial score (nSPS) is 15.0. The number of amides is 2. The second kappa shape index (κ2) is 11.2. The SMILES string of the molecule is Cc1nc2ccc(Nc3ccc(CN4CCOCC4)cc3)cc2c(=O)n1C(C)CCC(=O)NC=O. The lowest BCUT2D eigenvalue weighted by Crippen LogP contribution is -2.35. The minimum atomic E-state index is -0.367. The highest BCUT2D eigenvalue weighted by atomic mass is 16.5. The van der Waals surface area contributed by atoms with Crippen molar-refractivity contribution in [2.75, 3.05) is 31.6 Å². The Kier molecular flexibility index (Phi) is 7.89. The molecule has 1 aliphatic heterocycles. The van der Waals surface area contributed by atoms with Crippen LogP contribution < -0.4 is 16.2 Å². The van der Waals surface area contributed by atoms with Gasteiger partial charge in [0.25, 0.3) is 5.56 Å². The predicted molar refractivity (Wildman–Crippen MR) is 135 cm³/mol. The zero-order valence-electron chi connectivity index (χ0n) is 20.1. The third-order valence-corrected chi connectivity index (χ3v) is 6.28. The monoisotopic (exact) mass is 477 g/mol. The van der Waals surface area contributed by atoms with Crippen molar-refractivity contribution in [1.82, 2.24) is 19.8 Å². The Morgan fingerprint density at radius 2 is 1.86 bits per heavy atom. The van der Waals surface area contributed by atoms with Crippen LogP contribution in [0.2, 0.25) is 0 Å². The third kappa shape index (κ3) is 6.12. The molecule has 0 bridgehead atoms. The number of hydrogen-bond acceptors (Lipinski definition) is 7. The lowest BCUT2D eigenvalue weighted by molar-refractivity contribution is -0.125. The van der Waals surface area contributed by atoms with Crippen LogP contribution in [0.5, 0.6) is 0 Å². The molecule has 9 heteroatoms. The van der Waals surface area contributed by atoms with E-state index >= 15 is 0 Å². The number of morpholine rings is 1. The predicted octanol–water partition coefficient (Wildman–Crippen LogP) is 2.89. The number of carbonyl (C=O) groups is 2. The molecule has 184 valence electrons. The van der Waals surface area contributed by atoms with Gasteiger partial charge in [-0.25, -0.2) is 4.98 Å². The molecular formula is C26H31N5O4. The first-order valence-corrected chi connectivity index (χ1v) is 11.9. The summed E-state index contributed by atoms with van der Waals surface area (Å²) in [6.07, 6.45) is 0.934. The number of ether oxygens (including phenoxy) is 1. The number of aromatic nitrogens is 2. The molecule has 2 N–H and O–H groups in total. The quantitative estimate of drug-likeness (QED) is 0.457. The fourth-order valence-corrected chi connectivity index (χ4v) is 4.39. The Bertz CT molecular complexity index is 1250. The molecule has 1 unspecified atom stereocenters. The van der Waals surface area contributed by atoms with Crippen LogP contribution in [-0.2, 0) is 20.9 Å². The van der Waals surface area contributed by atoms with Gasteiger partial charge in [0, 0.05) is 43.5 Å². The van der Waals surface area contributed by atoms with E-state index in [0.717, 1.165) is 44.2 Å². The third-order valence-electron chi connectivity index (χ3n) is 6.28. The van der Waals surface area contributed by atoms with Crippen LogP contribution in [0.1, 0.15) is 37.2 Å². The molecule has 1 atom stereocenters. The van der Waals surface area contributed by atoms with Gasteiger partial charge in [-0.15, -0.1) is 0 Å². The Morgan fingerprint density at radius 1 is 1.14 bits per heavy atom. The van der Waals surface area contributed by atoms with E-state index in [2.05, 4.69) is 32.7 Å². The second-order valence-corrected chi connectivity index (χ2v) is 8.85. The van der Waals surface area contributed by atoms with Gasteiger partial charge < -0.3 is 10.1 Å². The standard InChI is InChI=1S/C26H31N5O4/c1-18(3-10-25(33)27-17-32)31-19(2)28-24-9-8-22(15-23(24)26(31)34)29-21-6-4-20(5-7-21)16-30-11-13-35-14-12-30/h4-9,15,17-18,29H,3,10-14,16H2,1-2H3,(H,27,32,33). The number of imide groups is 1. The van der Waals surface area contributed by atoms with Crippen molar-refractivity contribution < 1.29 is 14.3 Å². The summed E-state index contributed by atoms with van der Waals surface area (Å²) in [4.78, 5) is 42.4. The van der Waals surface area contributed by atoms with Gasteiger partial charge in [-0.3, -0.25) is 29.2 Å². The number of nitrogens with one attached hydrogen (secondary N) is 2. The Hall–Kier alpha value is -3.56. The maximum atomic E-state index is 13.3. The van der Waals surface area contributed by atoms with Gasteiger partial charge in [-0.1, -0.05) is 12.1 Å². The molecule has 2 amide bonds. The van der Waals surface area contributed by atoms with Crippen LogP contribution in [0.3, 0.4) is 0 Å². The van der Waals surface area contributed by atoms with Gasteiger partial charge >= 0.3 is 0 Å². The Balaban J connectivity index is 1.49. The highest BCUT2D eigenvalue weighted by Crippen LogP contribution is 2.22. The van der Waals surface area contributed by atoms with Gasteiger partial charge in [0.15, 0.2) is 0 Å². The zero-order valence-corrected chi connectivity index (χ0v) is 20.1. The molecule has 4 rings (SSSR count). The first kappa shape index (κ1) is 24.6. The van der Waals surface area contributed by atoms with E-state index in [1.807, 2.05) is 37.3 Å². The van der Waals surface area contributed by atoms with Crippen LogP contribution in [0.25, 0.3) is 10.9 Å². The molecule has 1 aromatic heterocycles. The van der Waals surface area contributed by atoms with E-state index in [9.17, 15) is 14.4 Å². The summed E-state index contributed by atoms with van der Waals surface area (Å²) in [7, 11) is 0. The van der Waals surface area contributed by atoms with Crippen LogP contribution in [0, 0.1) is 6.92 Å². The van der Waals surface area contributed by atoms with Gasteiger partial charge in [-0.05, 0) is 56.2 Å². The molecule has 1 fully saturated rings. The van der Waals surface area contributed by atoms with Crippen molar-refractivity contribution in [3.63, 3.8) is 0 Å². The maximum absolute atomic E-state index is 13.3. The lowest BCUT2D eigenvalue weighted by atomic mass is 10.1. The summed E-state index contributed by atoms with van der Waals surface area (Å²) in [6, 6.07) is 13.6. The molecule has 2 aromatic carbocycles. The molecule has 9 nitrogen and oxygen atoms in total. The van der Waals surface area contributed by atoms with E-state index < -0.39 is 0 Å². The zero-order chi connectivity index (χ0) is 24.8. The summed E-state index contributed by atoms with van der Waals surface area (Å²) in [5, 5.41) is 6.01. The first-order chi connectivity index (χ1) is 16.9. The number of fused-ring (bicyclic) bond motifs is 1. The molecule has 0 saturated carbocycles. The summed E-state index contributed by atoms with van der Waals surface area (Å²) in [5.74, 6) is 0.219. The minimum absolute atomic E-state index is 0.146. The molecule has 3 aromatic rings. The van der Waals surface area contributed by atoms with Crippen LogP contribution >= 0.6 is 0 Å². The number of aryl methyl sites for hydroxylation is 1. The number of rotatable bonds is 9. The fourth-order valence-electron chi connectivity index (χ4n) is 4.39. The average Bonchev–Trinajstić information content (AvgIpc) is 2.85. The Morgan fingerprint density at radius 3 is 2.57 bits per heavy atom. The number of nitrogens with zero attached hydrogens (tertiary/aromatic N) is 3. The van der Waals surface area contributed by atoms with Crippen molar-refractivity contribution in [2.45, 2.75) is 39.3 Å². The first-order valence-electron chi connectivity index (χ1n) is 11.9. The summed E-state index contributed by atoms with van der Waals surface area (Å²) in [6.45, 7) is 8.03. The van der Waals surface area contributed by atoms with E-state index in [1.54, 1.807) is 11.5 Å². The highest BCUT2D eigenvalue weighted by molar-refractivity contribution is 5.85. The molecule has 1 saturated heterocycles. The van der Waals surface area contributed by atoms with Crippen LogP contribution in [0.15, 0.2) is 47.3 Å². The molecular weight excluding hydrogens is 446 g/mol. The topological polar surface area (TPSA) is 106 Å². The van der Waals surface area contributed by atoms with Gasteiger partial charge in [0.1, 0.15) is 5.82 Å². The number of anilines is 2. The van der Waals surface area contributed by atoms with E-state index in [4.69, 9.17) is 4.74 Å². The number of benzene rings is 2. The Labute approximate surface area is 204 Å². The van der Waals surface area contributed by atoms with Gasteiger partial charge in [-0.2, -0.15) is 0 Å². The smallest absolute Gasteiger partial charge is 0.261 e. The average molecular weight is 478 g/mol. The minimum Gasteiger partial charge on any atom is -0.379 e. The number of hydrogen-bond donors (Lipinski definition) is 2. The van der Waals surface area contributed by atoms with Crippen molar-refractivity contribution >= 4 is 34.6 Å². The molecule has 35 heavy (non-hydrogen) atoms. The van der Waals surface area contributed by atoms with E-state index in [0.29, 0.717) is 29.6 Å². The largest absolute Gasteiger partial charge is 0.379 e. The van der Waals surface area contributed by atoms with Crippen molar-refractivity contribution in [3.8, 4) is 0 Å². The maximum Gasteiger partial charge on any atom is 0.261 e. The molecule has 2 heterocycles. The van der Waals surface area contributed by atoms with E-state index in [1.165, 1.54) is 5.56 Å².